The van der Waals surface area contributed by atoms with Crippen molar-refractivity contribution < 1.29 is 14.7 Å². The number of carbonyl (C=O) groups excluding carboxylic acids is 2. The molecule has 0 aliphatic carbocycles. The first-order chi connectivity index (χ1) is 17.0. The Morgan fingerprint density at radius 3 is 2.50 bits per heavy atom. The van der Waals surface area contributed by atoms with Crippen LogP contribution in [0, 0.1) is 11.3 Å². The number of hydrogen-bond acceptors (Lipinski definition) is 3. The number of aromatic amines is 1. The van der Waals surface area contributed by atoms with E-state index in [1.807, 2.05) is 70.3 Å². The van der Waals surface area contributed by atoms with Crippen molar-refractivity contribution in [2.24, 2.45) is 11.3 Å². The number of H-pyrrole nitrogens is 1. The first-order valence-corrected chi connectivity index (χ1v) is 12.7. The van der Waals surface area contributed by atoms with Gasteiger partial charge in [-0.15, -0.1) is 0 Å². The maximum Gasteiger partial charge on any atom is 0.245 e. The number of aromatic nitrogens is 1. The summed E-state index contributed by atoms with van der Waals surface area (Å²) in [6.45, 7) is 8.54. The van der Waals surface area contributed by atoms with Gasteiger partial charge >= 0.3 is 0 Å². The Labute approximate surface area is 217 Å². The van der Waals surface area contributed by atoms with E-state index in [2.05, 4.69) is 10.3 Å². The van der Waals surface area contributed by atoms with Crippen LogP contribution in [-0.4, -0.2) is 45.9 Å². The number of aliphatic hydroxyl groups is 1. The third-order valence-electron chi connectivity index (χ3n) is 7.35. The number of carbonyl (C=O) groups is 2. The Balaban J connectivity index is 1.46. The molecule has 0 saturated carbocycles. The summed E-state index contributed by atoms with van der Waals surface area (Å²) in [4.78, 5) is 31.3. The van der Waals surface area contributed by atoms with Crippen LogP contribution >= 0.6 is 11.6 Å². The summed E-state index contributed by atoms with van der Waals surface area (Å²) >= 11 is 6.04. The number of amides is 2. The van der Waals surface area contributed by atoms with Crippen molar-refractivity contribution in [3.63, 3.8) is 0 Å². The number of likely N-dealkylation sites (tertiary alicyclic amines) is 1. The van der Waals surface area contributed by atoms with E-state index in [-0.39, 0.29) is 17.7 Å². The van der Waals surface area contributed by atoms with Crippen LogP contribution in [0.4, 0.5) is 0 Å². The lowest BCUT2D eigenvalue weighted by molar-refractivity contribution is -0.156. The van der Waals surface area contributed by atoms with Crippen LogP contribution in [0.25, 0.3) is 17.0 Å². The first kappa shape index (κ1) is 26.0. The van der Waals surface area contributed by atoms with Crippen LogP contribution in [-0.2, 0) is 15.2 Å². The Morgan fingerprint density at radius 2 is 1.83 bits per heavy atom. The molecule has 0 spiro atoms. The van der Waals surface area contributed by atoms with Gasteiger partial charge in [-0.1, -0.05) is 69.6 Å². The molecule has 2 atom stereocenters. The molecule has 6 nitrogen and oxygen atoms in total. The third kappa shape index (κ3) is 5.06. The van der Waals surface area contributed by atoms with Crippen LogP contribution in [0.1, 0.15) is 45.2 Å². The molecular formula is C29H34ClN3O3. The number of para-hydroxylation sites is 1. The van der Waals surface area contributed by atoms with Gasteiger partial charge in [0.05, 0.1) is 5.60 Å². The van der Waals surface area contributed by atoms with Gasteiger partial charge in [0.25, 0.3) is 0 Å². The molecule has 1 aliphatic heterocycles. The quantitative estimate of drug-likeness (QED) is 0.405. The van der Waals surface area contributed by atoms with Crippen molar-refractivity contribution in [3.8, 4) is 0 Å². The molecule has 0 bridgehead atoms. The maximum atomic E-state index is 13.5. The Morgan fingerprint density at radius 1 is 1.14 bits per heavy atom. The molecule has 1 saturated heterocycles. The van der Waals surface area contributed by atoms with E-state index in [0.29, 0.717) is 24.5 Å². The molecule has 2 heterocycles. The van der Waals surface area contributed by atoms with Crippen molar-refractivity contribution in [1.82, 2.24) is 15.2 Å². The van der Waals surface area contributed by atoms with E-state index >= 15 is 0 Å². The minimum atomic E-state index is -1.09. The van der Waals surface area contributed by atoms with Gasteiger partial charge in [0.1, 0.15) is 6.04 Å². The second-order valence-electron chi connectivity index (χ2n) is 10.6. The highest BCUT2D eigenvalue weighted by molar-refractivity contribution is 6.30. The molecule has 2 aromatic carbocycles. The van der Waals surface area contributed by atoms with Crippen LogP contribution in [0.15, 0.2) is 60.8 Å². The van der Waals surface area contributed by atoms with Gasteiger partial charge in [-0.05, 0) is 47.7 Å². The largest absolute Gasteiger partial charge is 0.384 e. The molecule has 190 valence electrons. The number of fused-ring (bicyclic) bond motifs is 1. The second-order valence-corrected chi connectivity index (χ2v) is 11.1. The summed E-state index contributed by atoms with van der Waals surface area (Å²) in [5.74, 6) is -0.547. The van der Waals surface area contributed by atoms with Crippen LogP contribution in [0.2, 0.25) is 5.02 Å². The fraction of sp³-hybridized carbons (Fsp3) is 0.379. The van der Waals surface area contributed by atoms with Gasteiger partial charge in [-0.25, -0.2) is 0 Å². The van der Waals surface area contributed by atoms with Crippen molar-refractivity contribution in [1.29, 1.82) is 0 Å². The second kappa shape index (κ2) is 10.1. The summed E-state index contributed by atoms with van der Waals surface area (Å²) in [7, 11) is 0. The zero-order valence-electron chi connectivity index (χ0n) is 21.2. The maximum absolute atomic E-state index is 13.5. The normalized spacial score (nSPS) is 20.7. The van der Waals surface area contributed by atoms with Crippen molar-refractivity contribution in [2.75, 3.05) is 13.1 Å². The standard InChI is InChI=1S/C29H34ClN3O3/c1-19(2)26(32-25(34)14-9-20-17-31-24-8-6-5-7-23(20)24)27(35)33-16-15-29(36,28(3,4)18-33)21-10-12-22(30)13-11-21/h5-14,17,19,26,31,36H,15-16,18H2,1-4H3,(H,32,34)/t26-,29+/m1/s1. The van der Waals surface area contributed by atoms with Crippen molar-refractivity contribution >= 4 is 40.4 Å². The van der Waals surface area contributed by atoms with Crippen LogP contribution in [0.3, 0.4) is 0 Å². The number of rotatable bonds is 6. The zero-order chi connectivity index (χ0) is 26.1. The topological polar surface area (TPSA) is 85.4 Å². The summed E-state index contributed by atoms with van der Waals surface area (Å²) in [5, 5.41) is 16.2. The van der Waals surface area contributed by atoms with Gasteiger partial charge in [0, 0.05) is 46.7 Å². The van der Waals surface area contributed by atoms with E-state index < -0.39 is 17.1 Å². The van der Waals surface area contributed by atoms with E-state index in [1.165, 1.54) is 6.08 Å². The highest BCUT2D eigenvalue weighted by Gasteiger charge is 2.50. The van der Waals surface area contributed by atoms with E-state index in [9.17, 15) is 14.7 Å². The highest BCUT2D eigenvalue weighted by atomic mass is 35.5. The van der Waals surface area contributed by atoms with E-state index in [1.54, 1.807) is 23.1 Å². The van der Waals surface area contributed by atoms with Gasteiger partial charge in [-0.3, -0.25) is 9.59 Å². The third-order valence-corrected chi connectivity index (χ3v) is 7.60. The molecule has 1 aliphatic rings. The number of benzene rings is 2. The molecule has 1 aromatic heterocycles. The summed E-state index contributed by atoms with van der Waals surface area (Å²) in [6.07, 6.45) is 5.48. The van der Waals surface area contributed by atoms with E-state index in [4.69, 9.17) is 11.6 Å². The average Bonchev–Trinajstić information content (AvgIpc) is 3.26. The predicted octanol–water partition coefficient (Wildman–Crippen LogP) is 5.12. The smallest absolute Gasteiger partial charge is 0.245 e. The molecule has 7 heteroatoms. The van der Waals surface area contributed by atoms with Crippen molar-refractivity contribution in [2.45, 2.75) is 45.8 Å². The summed E-state index contributed by atoms with van der Waals surface area (Å²) in [6, 6.07) is 14.5. The SMILES string of the molecule is CC(C)[C@@H](NC(=O)C=Cc1c[nH]c2ccccc12)C(=O)N1CC[C@](O)(c2ccc(Cl)cc2)C(C)(C)C1. The molecule has 2 amide bonds. The van der Waals surface area contributed by atoms with Crippen molar-refractivity contribution in [3.05, 3.63) is 77.0 Å². The Kier molecular flexibility index (Phi) is 7.30. The van der Waals surface area contributed by atoms with Gasteiger partial charge in [0.2, 0.25) is 11.8 Å². The lowest BCUT2D eigenvalue weighted by Crippen LogP contribution is -2.60. The Hall–Kier alpha value is -3.09. The lowest BCUT2D eigenvalue weighted by atomic mass is 9.66. The fourth-order valence-corrected chi connectivity index (χ4v) is 5.21. The molecule has 0 radical (unpaired) electrons. The minimum Gasteiger partial charge on any atom is -0.384 e. The molecule has 0 unspecified atom stereocenters. The molecule has 1 fully saturated rings. The van der Waals surface area contributed by atoms with Gasteiger partial charge in [0.15, 0.2) is 0 Å². The lowest BCUT2D eigenvalue weighted by Gasteiger charge is -2.51. The average molecular weight is 508 g/mol. The summed E-state index contributed by atoms with van der Waals surface area (Å²) in [5.41, 5.74) is 1.01. The van der Waals surface area contributed by atoms with E-state index in [0.717, 1.165) is 22.0 Å². The number of nitrogens with one attached hydrogen (secondary N) is 2. The number of hydrogen-bond donors (Lipinski definition) is 3. The molecule has 4 rings (SSSR count). The first-order valence-electron chi connectivity index (χ1n) is 12.3. The molecular weight excluding hydrogens is 474 g/mol. The number of nitrogens with zero attached hydrogens (tertiary/aromatic N) is 1. The highest BCUT2D eigenvalue weighted by Crippen LogP contribution is 2.46. The fourth-order valence-electron chi connectivity index (χ4n) is 5.08. The molecule has 3 aromatic rings. The number of piperidine rings is 1. The minimum absolute atomic E-state index is 0.0943. The Bertz CT molecular complexity index is 1280. The van der Waals surface area contributed by atoms with Crippen LogP contribution in [0.5, 0.6) is 0 Å². The molecule has 3 N–H and O–H groups in total. The predicted molar refractivity (Wildman–Crippen MR) is 144 cm³/mol. The summed E-state index contributed by atoms with van der Waals surface area (Å²) < 4.78 is 0. The van der Waals surface area contributed by atoms with Gasteiger partial charge < -0.3 is 20.3 Å². The molecule has 36 heavy (non-hydrogen) atoms. The van der Waals surface area contributed by atoms with Crippen LogP contribution < -0.4 is 5.32 Å². The zero-order valence-corrected chi connectivity index (χ0v) is 22.0. The van der Waals surface area contributed by atoms with Gasteiger partial charge in [-0.2, -0.15) is 0 Å². The number of halogens is 1. The monoisotopic (exact) mass is 507 g/mol.